The van der Waals surface area contributed by atoms with E-state index in [-0.39, 0.29) is 11.9 Å². The molecule has 5 heteroatoms. The molecule has 1 atom stereocenters. The number of nitrogens with one attached hydrogen (secondary N) is 1. The fraction of sp³-hybridized carbons (Fsp3) is 0.312. The van der Waals surface area contributed by atoms with Crippen LogP contribution in [0.5, 0.6) is 0 Å². The molecular formula is C16H17BrN2OS. The van der Waals surface area contributed by atoms with E-state index in [1.807, 2.05) is 14.1 Å². The second kappa shape index (κ2) is 5.91. The number of halogens is 1. The molecule has 1 aliphatic rings. The van der Waals surface area contributed by atoms with E-state index in [9.17, 15) is 4.79 Å². The summed E-state index contributed by atoms with van der Waals surface area (Å²) in [7, 11) is 3.83. The lowest BCUT2D eigenvalue weighted by molar-refractivity contribution is -0.118. The van der Waals surface area contributed by atoms with Gasteiger partial charge in [-0.25, -0.2) is 0 Å². The van der Waals surface area contributed by atoms with Crippen molar-refractivity contribution in [3.63, 3.8) is 0 Å². The zero-order valence-corrected chi connectivity index (χ0v) is 14.4. The van der Waals surface area contributed by atoms with Gasteiger partial charge in [0.05, 0.1) is 9.83 Å². The van der Waals surface area contributed by atoms with E-state index < -0.39 is 0 Å². The van der Waals surface area contributed by atoms with E-state index in [1.165, 1.54) is 16.7 Å². The third-order valence-electron chi connectivity index (χ3n) is 3.99. The number of aryl methyl sites for hydroxylation is 1. The summed E-state index contributed by atoms with van der Waals surface area (Å²) in [6.07, 6.45) is 1.43. The molecule has 3 rings (SSSR count). The maximum atomic E-state index is 11.8. The summed E-state index contributed by atoms with van der Waals surface area (Å²) < 4.78 is 1.14. The molecule has 0 bridgehead atoms. The molecule has 0 radical (unpaired) electrons. The Labute approximate surface area is 137 Å². The molecule has 1 aromatic carbocycles. The third-order valence-corrected chi connectivity index (χ3v) is 5.51. The lowest BCUT2D eigenvalue weighted by Crippen LogP contribution is -2.31. The molecule has 1 aliphatic heterocycles. The summed E-state index contributed by atoms with van der Waals surface area (Å²) in [5.74, 6) is 0.196. The second-order valence-electron chi connectivity index (χ2n) is 5.25. The SMILES string of the molecule is CNC(c1csc(Br)c1)c1ccc2c(c1)CCC(=O)N2C. The Balaban J connectivity index is 1.98. The van der Waals surface area contributed by atoms with E-state index in [1.54, 1.807) is 16.2 Å². The number of amides is 1. The monoisotopic (exact) mass is 364 g/mol. The summed E-state index contributed by atoms with van der Waals surface area (Å²) in [5.41, 5.74) is 4.79. The Morgan fingerprint density at radius 1 is 1.29 bits per heavy atom. The Kier molecular flexibility index (Phi) is 4.15. The Morgan fingerprint density at radius 2 is 2.10 bits per heavy atom. The molecule has 21 heavy (non-hydrogen) atoms. The van der Waals surface area contributed by atoms with Crippen molar-refractivity contribution in [1.29, 1.82) is 0 Å². The largest absolute Gasteiger partial charge is 0.315 e. The highest BCUT2D eigenvalue weighted by atomic mass is 79.9. The first-order valence-corrected chi connectivity index (χ1v) is 8.58. The highest BCUT2D eigenvalue weighted by Crippen LogP contribution is 2.33. The summed E-state index contributed by atoms with van der Waals surface area (Å²) >= 11 is 5.22. The zero-order chi connectivity index (χ0) is 15.0. The van der Waals surface area contributed by atoms with Crippen molar-refractivity contribution in [3.05, 3.63) is 50.1 Å². The predicted molar refractivity (Wildman–Crippen MR) is 91.1 cm³/mol. The van der Waals surface area contributed by atoms with Crippen LogP contribution in [-0.4, -0.2) is 20.0 Å². The molecule has 1 amide bonds. The van der Waals surface area contributed by atoms with Gasteiger partial charge in [-0.1, -0.05) is 12.1 Å². The summed E-state index contributed by atoms with van der Waals surface area (Å²) in [4.78, 5) is 13.5. The number of nitrogens with zero attached hydrogens (tertiary/aromatic N) is 1. The maximum Gasteiger partial charge on any atom is 0.227 e. The Bertz CT molecular complexity index is 683. The van der Waals surface area contributed by atoms with E-state index in [4.69, 9.17) is 0 Å². The van der Waals surface area contributed by atoms with Gasteiger partial charge in [0.15, 0.2) is 0 Å². The van der Waals surface area contributed by atoms with E-state index in [2.05, 4.69) is 50.9 Å². The van der Waals surface area contributed by atoms with Gasteiger partial charge in [-0.2, -0.15) is 0 Å². The molecule has 3 nitrogen and oxygen atoms in total. The number of hydrogen-bond donors (Lipinski definition) is 1. The van der Waals surface area contributed by atoms with Crippen molar-refractivity contribution in [2.75, 3.05) is 19.0 Å². The molecule has 110 valence electrons. The topological polar surface area (TPSA) is 32.3 Å². The van der Waals surface area contributed by atoms with Crippen LogP contribution in [-0.2, 0) is 11.2 Å². The van der Waals surface area contributed by atoms with E-state index in [0.29, 0.717) is 6.42 Å². The highest BCUT2D eigenvalue weighted by molar-refractivity contribution is 9.11. The van der Waals surface area contributed by atoms with Crippen LogP contribution >= 0.6 is 27.3 Å². The number of benzene rings is 1. The van der Waals surface area contributed by atoms with Crippen LogP contribution in [0.1, 0.15) is 29.2 Å². The molecule has 1 unspecified atom stereocenters. The van der Waals surface area contributed by atoms with Gasteiger partial charge >= 0.3 is 0 Å². The van der Waals surface area contributed by atoms with Crippen molar-refractivity contribution in [2.45, 2.75) is 18.9 Å². The highest BCUT2D eigenvalue weighted by Gasteiger charge is 2.22. The first-order valence-electron chi connectivity index (χ1n) is 6.90. The lowest BCUT2D eigenvalue weighted by atomic mass is 9.94. The summed E-state index contributed by atoms with van der Waals surface area (Å²) in [5, 5.41) is 5.55. The predicted octanol–water partition coefficient (Wildman–Crippen LogP) is 3.73. The Hall–Kier alpha value is -1.17. The number of carbonyl (C=O) groups excluding carboxylic acids is 1. The van der Waals surface area contributed by atoms with Crippen LogP contribution in [0.3, 0.4) is 0 Å². The van der Waals surface area contributed by atoms with Crippen LogP contribution in [0.15, 0.2) is 33.4 Å². The fourth-order valence-corrected chi connectivity index (χ4v) is 4.06. The number of hydrogen-bond acceptors (Lipinski definition) is 3. The molecular weight excluding hydrogens is 348 g/mol. The summed E-state index contributed by atoms with van der Waals surface area (Å²) in [6.45, 7) is 0. The lowest BCUT2D eigenvalue weighted by Gasteiger charge is -2.27. The number of thiophene rings is 1. The van der Waals surface area contributed by atoms with Gasteiger partial charge < -0.3 is 10.2 Å². The molecule has 2 heterocycles. The minimum Gasteiger partial charge on any atom is -0.315 e. The third kappa shape index (κ3) is 2.78. The Morgan fingerprint density at radius 3 is 2.76 bits per heavy atom. The van der Waals surface area contributed by atoms with Crippen LogP contribution in [0.25, 0.3) is 0 Å². The van der Waals surface area contributed by atoms with Gasteiger partial charge in [0, 0.05) is 19.2 Å². The van der Waals surface area contributed by atoms with Gasteiger partial charge in [0.25, 0.3) is 0 Å². The molecule has 0 aliphatic carbocycles. The van der Waals surface area contributed by atoms with Crippen LogP contribution in [0, 0.1) is 0 Å². The van der Waals surface area contributed by atoms with Crippen molar-refractivity contribution in [3.8, 4) is 0 Å². The minimum absolute atomic E-state index is 0.181. The van der Waals surface area contributed by atoms with Gasteiger partial charge in [-0.3, -0.25) is 4.79 Å². The standard InChI is InChI=1S/C16H17BrN2OS/c1-18-16(12-8-14(17)21-9-12)11-3-5-13-10(7-11)4-6-15(20)19(13)2/h3,5,7-9,16,18H,4,6H2,1-2H3. The first-order chi connectivity index (χ1) is 10.1. The molecule has 1 N–H and O–H groups in total. The smallest absolute Gasteiger partial charge is 0.227 e. The normalized spacial score (nSPS) is 16.0. The quantitative estimate of drug-likeness (QED) is 0.899. The number of anilines is 1. The second-order valence-corrected chi connectivity index (χ2v) is 7.54. The van der Waals surface area contributed by atoms with Crippen LogP contribution < -0.4 is 10.2 Å². The van der Waals surface area contributed by atoms with Crippen molar-refractivity contribution in [2.24, 2.45) is 0 Å². The van der Waals surface area contributed by atoms with Crippen molar-refractivity contribution in [1.82, 2.24) is 5.32 Å². The van der Waals surface area contributed by atoms with Gasteiger partial charge in [-0.15, -0.1) is 11.3 Å². The van der Waals surface area contributed by atoms with E-state index >= 15 is 0 Å². The van der Waals surface area contributed by atoms with Crippen molar-refractivity contribution < 1.29 is 4.79 Å². The fourth-order valence-electron chi connectivity index (χ4n) is 2.86. The van der Waals surface area contributed by atoms with Crippen molar-refractivity contribution >= 4 is 38.9 Å². The molecule has 2 aromatic rings. The maximum absolute atomic E-state index is 11.8. The molecule has 1 aromatic heterocycles. The van der Waals surface area contributed by atoms with Crippen LogP contribution in [0.4, 0.5) is 5.69 Å². The van der Waals surface area contributed by atoms with Gasteiger partial charge in [0.2, 0.25) is 5.91 Å². The molecule has 0 saturated heterocycles. The number of fused-ring (bicyclic) bond motifs is 1. The first kappa shape index (κ1) is 14.8. The zero-order valence-electron chi connectivity index (χ0n) is 12.0. The molecule has 0 fully saturated rings. The number of rotatable bonds is 3. The minimum atomic E-state index is 0.181. The molecule has 0 saturated carbocycles. The molecule has 0 spiro atoms. The van der Waals surface area contributed by atoms with E-state index in [0.717, 1.165) is 15.9 Å². The van der Waals surface area contributed by atoms with Gasteiger partial charge in [0.1, 0.15) is 0 Å². The summed E-state index contributed by atoms with van der Waals surface area (Å²) in [6, 6.07) is 8.74. The van der Waals surface area contributed by atoms with Crippen LogP contribution in [0.2, 0.25) is 0 Å². The van der Waals surface area contributed by atoms with Gasteiger partial charge in [-0.05, 0) is 63.6 Å². The number of carbonyl (C=O) groups is 1. The average molecular weight is 365 g/mol. The average Bonchev–Trinajstić information content (AvgIpc) is 2.90.